The largest absolute Gasteiger partial charge is 0.402 e. The molecule has 0 radical (unpaired) electrons. The highest BCUT2D eigenvalue weighted by molar-refractivity contribution is 5.14. The molecule has 2 N–H and O–H groups in total. The molecule has 0 spiro atoms. The molecule has 12 heavy (non-hydrogen) atoms. The fourth-order valence-corrected chi connectivity index (χ4v) is 1.44. The summed E-state index contributed by atoms with van der Waals surface area (Å²) in [6.07, 6.45) is 3.57. The molecule has 0 bridgehead atoms. The first-order valence-electron chi connectivity index (χ1n) is 4.95. The zero-order valence-electron chi connectivity index (χ0n) is 9.20. The van der Waals surface area contributed by atoms with Crippen LogP contribution < -0.4 is 5.73 Å². The highest BCUT2D eigenvalue weighted by atomic mass is 14.6. The molecule has 0 unspecified atom stereocenters. The van der Waals surface area contributed by atoms with Crippen LogP contribution in [0.5, 0.6) is 0 Å². The Balaban J connectivity index is 0.000000561. The second-order valence-electron chi connectivity index (χ2n) is 4.15. The van der Waals surface area contributed by atoms with Crippen LogP contribution in [-0.2, 0) is 0 Å². The average molecular weight is 169 g/mol. The molecule has 1 aliphatic carbocycles. The van der Waals surface area contributed by atoms with Gasteiger partial charge in [0.15, 0.2) is 0 Å². The maximum absolute atomic E-state index is 5.83. The van der Waals surface area contributed by atoms with Crippen LogP contribution >= 0.6 is 0 Å². The maximum atomic E-state index is 5.83. The van der Waals surface area contributed by atoms with E-state index in [0.717, 1.165) is 12.1 Å². The summed E-state index contributed by atoms with van der Waals surface area (Å²) in [6.45, 7) is 10.7. The van der Waals surface area contributed by atoms with Crippen LogP contribution in [-0.4, -0.2) is 0 Å². The van der Waals surface area contributed by atoms with Crippen LogP contribution in [0.3, 0.4) is 0 Å². The van der Waals surface area contributed by atoms with E-state index in [1.54, 1.807) is 0 Å². The van der Waals surface area contributed by atoms with E-state index in [0.29, 0.717) is 5.41 Å². The highest BCUT2D eigenvalue weighted by Crippen LogP contribution is 2.36. The van der Waals surface area contributed by atoms with Gasteiger partial charge in [0.1, 0.15) is 0 Å². The van der Waals surface area contributed by atoms with E-state index in [1.807, 2.05) is 13.8 Å². The zero-order chi connectivity index (χ0) is 9.78. The molecule has 0 saturated carbocycles. The summed E-state index contributed by atoms with van der Waals surface area (Å²) in [5.74, 6) is 0. The molecule has 0 amide bonds. The highest BCUT2D eigenvalue weighted by Gasteiger charge is 2.23. The third-order valence-electron chi connectivity index (χ3n) is 2.39. The van der Waals surface area contributed by atoms with Crippen molar-refractivity contribution in [2.24, 2.45) is 11.1 Å². The Labute approximate surface area is 77.0 Å². The van der Waals surface area contributed by atoms with E-state index >= 15 is 0 Å². The van der Waals surface area contributed by atoms with Crippen LogP contribution in [0.15, 0.2) is 11.3 Å². The topological polar surface area (TPSA) is 26.0 Å². The molecule has 0 saturated heterocycles. The Kier molecular flexibility index (Phi) is 4.36. The van der Waals surface area contributed by atoms with E-state index in [-0.39, 0.29) is 0 Å². The molecule has 1 aliphatic rings. The smallest absolute Gasteiger partial charge is 0.00749 e. The van der Waals surface area contributed by atoms with Crippen molar-refractivity contribution in [3.05, 3.63) is 11.3 Å². The fourth-order valence-electron chi connectivity index (χ4n) is 1.44. The van der Waals surface area contributed by atoms with Crippen LogP contribution in [0.2, 0.25) is 0 Å². The van der Waals surface area contributed by atoms with Gasteiger partial charge >= 0.3 is 0 Å². The first-order chi connectivity index (χ1) is 5.51. The molecule has 1 nitrogen and oxygen atoms in total. The van der Waals surface area contributed by atoms with Gasteiger partial charge in [-0.2, -0.15) is 0 Å². The number of hydrogen-bond acceptors (Lipinski definition) is 1. The average Bonchev–Trinajstić information content (AvgIpc) is 2.01. The Morgan fingerprint density at radius 2 is 1.75 bits per heavy atom. The van der Waals surface area contributed by atoms with Gasteiger partial charge in [-0.1, -0.05) is 33.3 Å². The van der Waals surface area contributed by atoms with Gasteiger partial charge in [0, 0.05) is 5.70 Å². The molecule has 0 aliphatic heterocycles. The van der Waals surface area contributed by atoms with Crippen molar-refractivity contribution in [1.29, 1.82) is 0 Å². The maximum Gasteiger partial charge on any atom is 0.00749 e. The molecule has 1 rings (SSSR count). The summed E-state index contributed by atoms with van der Waals surface area (Å²) < 4.78 is 0. The van der Waals surface area contributed by atoms with Gasteiger partial charge in [-0.15, -0.1) is 0 Å². The molecule has 72 valence electrons. The standard InChI is InChI=1S/C9H17N.C2H6/c1-7-4-5-9(2,3)6-8(7)10;1-2/h4-6,10H2,1-3H3;1-2H3. The van der Waals surface area contributed by atoms with Crippen molar-refractivity contribution >= 4 is 0 Å². The summed E-state index contributed by atoms with van der Waals surface area (Å²) in [7, 11) is 0. The summed E-state index contributed by atoms with van der Waals surface area (Å²) in [6, 6.07) is 0. The molecule has 0 fully saturated rings. The minimum atomic E-state index is 0.448. The fraction of sp³-hybridized carbons (Fsp3) is 0.818. The van der Waals surface area contributed by atoms with E-state index in [9.17, 15) is 0 Å². The SMILES string of the molecule is CC.CC1=C(N)CC(C)(C)CC1. The number of allylic oxidation sites excluding steroid dienone is 2. The summed E-state index contributed by atoms with van der Waals surface area (Å²) in [5, 5.41) is 0. The predicted molar refractivity (Wildman–Crippen MR) is 55.9 cm³/mol. The molecule has 0 heterocycles. The van der Waals surface area contributed by atoms with Crippen molar-refractivity contribution in [1.82, 2.24) is 0 Å². The van der Waals surface area contributed by atoms with Gasteiger partial charge in [0.2, 0.25) is 0 Å². The predicted octanol–water partition coefficient (Wildman–Crippen LogP) is 3.46. The van der Waals surface area contributed by atoms with Crippen molar-refractivity contribution < 1.29 is 0 Å². The molecule has 1 heteroatoms. The van der Waals surface area contributed by atoms with E-state index in [4.69, 9.17) is 5.73 Å². The lowest BCUT2D eigenvalue weighted by Crippen LogP contribution is -2.21. The van der Waals surface area contributed by atoms with Crippen molar-refractivity contribution in [3.8, 4) is 0 Å². The molecule has 0 aromatic rings. The van der Waals surface area contributed by atoms with Crippen LogP contribution in [0.25, 0.3) is 0 Å². The Bertz CT molecular complexity index is 166. The normalized spacial score (nSPS) is 21.4. The van der Waals surface area contributed by atoms with Gasteiger partial charge in [0.05, 0.1) is 0 Å². The van der Waals surface area contributed by atoms with E-state index < -0.39 is 0 Å². The summed E-state index contributed by atoms with van der Waals surface area (Å²) in [4.78, 5) is 0. The van der Waals surface area contributed by atoms with Crippen LogP contribution in [0.1, 0.15) is 53.9 Å². The summed E-state index contributed by atoms with van der Waals surface area (Å²) in [5.41, 5.74) is 8.81. The molecule has 0 aromatic heterocycles. The lowest BCUT2D eigenvalue weighted by atomic mass is 9.77. The second-order valence-corrected chi connectivity index (χ2v) is 4.15. The number of rotatable bonds is 0. The number of hydrogen-bond donors (Lipinski definition) is 1. The van der Waals surface area contributed by atoms with Gasteiger partial charge in [-0.25, -0.2) is 0 Å². The molecule has 0 atom stereocenters. The van der Waals surface area contributed by atoms with Gasteiger partial charge in [0.25, 0.3) is 0 Å². The Morgan fingerprint density at radius 1 is 1.25 bits per heavy atom. The van der Waals surface area contributed by atoms with E-state index in [2.05, 4.69) is 20.8 Å². The second kappa shape index (κ2) is 4.54. The lowest BCUT2D eigenvalue weighted by Gasteiger charge is -2.30. The van der Waals surface area contributed by atoms with Crippen molar-refractivity contribution in [2.75, 3.05) is 0 Å². The minimum Gasteiger partial charge on any atom is -0.402 e. The van der Waals surface area contributed by atoms with Gasteiger partial charge < -0.3 is 5.73 Å². The third kappa shape index (κ3) is 3.29. The molecular formula is C11H23N. The minimum absolute atomic E-state index is 0.448. The zero-order valence-corrected chi connectivity index (χ0v) is 9.20. The van der Waals surface area contributed by atoms with Gasteiger partial charge in [-0.05, 0) is 31.6 Å². The van der Waals surface area contributed by atoms with E-state index in [1.165, 1.54) is 18.4 Å². The summed E-state index contributed by atoms with van der Waals surface area (Å²) >= 11 is 0. The third-order valence-corrected chi connectivity index (χ3v) is 2.39. The Hall–Kier alpha value is -0.460. The number of nitrogens with two attached hydrogens (primary N) is 1. The first-order valence-corrected chi connectivity index (χ1v) is 4.95. The molecule has 0 aromatic carbocycles. The lowest BCUT2D eigenvalue weighted by molar-refractivity contribution is 0.312. The van der Waals surface area contributed by atoms with Crippen molar-refractivity contribution in [3.63, 3.8) is 0 Å². The first kappa shape index (κ1) is 11.5. The Morgan fingerprint density at radius 3 is 2.08 bits per heavy atom. The van der Waals surface area contributed by atoms with Gasteiger partial charge in [-0.3, -0.25) is 0 Å². The molecular weight excluding hydrogens is 146 g/mol. The monoisotopic (exact) mass is 169 g/mol. The van der Waals surface area contributed by atoms with Crippen LogP contribution in [0.4, 0.5) is 0 Å². The quantitative estimate of drug-likeness (QED) is 0.590. The van der Waals surface area contributed by atoms with Crippen LogP contribution in [0, 0.1) is 5.41 Å². The van der Waals surface area contributed by atoms with Crippen molar-refractivity contribution in [2.45, 2.75) is 53.9 Å².